The Morgan fingerprint density at radius 1 is 1.45 bits per heavy atom. The lowest BCUT2D eigenvalue weighted by atomic mass is 10.7. The summed E-state index contributed by atoms with van der Waals surface area (Å²) in [4.78, 5) is 0. The summed E-state index contributed by atoms with van der Waals surface area (Å²) in [5.74, 6) is 0. The van der Waals surface area contributed by atoms with Gasteiger partial charge in [0.25, 0.3) is 0 Å². The Bertz CT molecular complexity index is 194. The van der Waals surface area contributed by atoms with Crippen molar-refractivity contribution in [3.05, 3.63) is 25.3 Å². The van der Waals surface area contributed by atoms with Crippen molar-refractivity contribution in [3.63, 3.8) is 0 Å². The first kappa shape index (κ1) is 9.70. The van der Waals surface area contributed by atoms with Crippen LogP contribution < -0.4 is 4.57 Å². The van der Waals surface area contributed by atoms with Crippen molar-refractivity contribution < 1.29 is 4.57 Å². The van der Waals surface area contributed by atoms with Crippen LogP contribution in [0, 0.1) is 11.8 Å². The van der Waals surface area contributed by atoms with E-state index in [-0.39, 0.29) is 0 Å². The van der Waals surface area contributed by atoms with Crippen molar-refractivity contribution in [2.24, 2.45) is 0 Å². The molecule has 3 heteroatoms. The number of hydrogen-bond donors (Lipinski definition) is 0. The highest BCUT2D eigenvalue weighted by Crippen LogP contribution is 1.81. The van der Waals surface area contributed by atoms with Crippen molar-refractivity contribution in [2.75, 3.05) is 0 Å². The first-order valence-electron chi connectivity index (χ1n) is 3.64. The molecule has 0 N–H and O–H groups in total. The molecule has 0 aliphatic rings. The van der Waals surface area contributed by atoms with Gasteiger partial charge in [0, 0.05) is 0 Å². The third-order valence-electron chi connectivity index (χ3n) is 1.48. The summed E-state index contributed by atoms with van der Waals surface area (Å²) < 4.78 is 4.31. The Hall–Kier alpha value is -1.30. The van der Waals surface area contributed by atoms with Crippen molar-refractivity contribution in [1.29, 1.82) is 5.26 Å². The Labute approximate surface area is 67.5 Å². The second-order valence-electron chi connectivity index (χ2n) is 2.07. The summed E-state index contributed by atoms with van der Waals surface area (Å²) in [6.07, 6.45) is 6.28. The van der Waals surface area contributed by atoms with Gasteiger partial charge >= 0.3 is 0 Å². The number of aryl methyl sites for hydroxylation is 2. The van der Waals surface area contributed by atoms with Crippen LogP contribution in [-0.2, 0) is 13.1 Å². The summed E-state index contributed by atoms with van der Waals surface area (Å²) in [7, 11) is 0. The SMILES string of the molecule is CCn1cc[n+](CC)c1.[C-]#N. The molecule has 0 spiro atoms. The van der Waals surface area contributed by atoms with Crippen LogP contribution in [0.5, 0.6) is 0 Å². The van der Waals surface area contributed by atoms with E-state index in [0.29, 0.717) is 0 Å². The topological polar surface area (TPSA) is 32.6 Å². The highest BCUT2D eigenvalue weighted by atomic mass is 15.1. The van der Waals surface area contributed by atoms with E-state index in [2.05, 4.69) is 41.7 Å². The lowest BCUT2D eigenvalue weighted by Crippen LogP contribution is -2.28. The normalized spacial score (nSPS) is 8.36. The Morgan fingerprint density at radius 3 is 2.36 bits per heavy atom. The van der Waals surface area contributed by atoms with Crippen LogP contribution in [0.4, 0.5) is 0 Å². The van der Waals surface area contributed by atoms with Crippen LogP contribution in [0.3, 0.4) is 0 Å². The standard InChI is InChI=1S/C7H13N2.CN/c1-3-8-5-6-9(4-2)7-8;1-2/h5-7H,3-4H2,1-2H3;/q+1;-1. The smallest absolute Gasteiger partial charge is 0.243 e. The van der Waals surface area contributed by atoms with Crippen LogP contribution in [-0.4, -0.2) is 4.57 Å². The lowest BCUT2D eigenvalue weighted by Gasteiger charge is -1.84. The zero-order valence-electron chi connectivity index (χ0n) is 6.99. The van der Waals surface area contributed by atoms with Crippen LogP contribution >= 0.6 is 0 Å². The molecule has 0 atom stereocenters. The molecule has 1 aromatic heterocycles. The van der Waals surface area contributed by atoms with E-state index < -0.39 is 0 Å². The van der Waals surface area contributed by atoms with Crippen molar-refractivity contribution in [1.82, 2.24) is 4.57 Å². The predicted octanol–water partition coefficient (Wildman–Crippen LogP) is 0.912. The molecule has 60 valence electrons. The van der Waals surface area contributed by atoms with E-state index in [1.54, 1.807) is 0 Å². The third-order valence-corrected chi connectivity index (χ3v) is 1.48. The van der Waals surface area contributed by atoms with Crippen LogP contribution in [0.1, 0.15) is 13.8 Å². The van der Waals surface area contributed by atoms with Gasteiger partial charge in [-0.2, -0.15) is 0 Å². The van der Waals surface area contributed by atoms with Gasteiger partial charge < -0.3 is 11.8 Å². The fourth-order valence-electron chi connectivity index (χ4n) is 0.813. The number of imidazole rings is 1. The molecule has 0 bridgehead atoms. The Balaban J connectivity index is 0.000000461. The van der Waals surface area contributed by atoms with E-state index in [1.165, 1.54) is 0 Å². The largest absolute Gasteiger partial charge is 0.512 e. The minimum atomic E-state index is 1.06. The average Bonchev–Trinajstić information content (AvgIpc) is 2.55. The van der Waals surface area contributed by atoms with Crippen molar-refractivity contribution >= 4 is 0 Å². The molecule has 1 aromatic rings. The highest BCUT2D eigenvalue weighted by Gasteiger charge is 1.95. The minimum Gasteiger partial charge on any atom is -0.512 e. The first-order valence-corrected chi connectivity index (χ1v) is 3.64. The number of rotatable bonds is 2. The van der Waals surface area contributed by atoms with Gasteiger partial charge in [0.2, 0.25) is 6.33 Å². The summed E-state index contributed by atoms with van der Waals surface area (Å²) >= 11 is 0. The third kappa shape index (κ3) is 2.85. The zero-order valence-corrected chi connectivity index (χ0v) is 6.99. The maximum Gasteiger partial charge on any atom is 0.243 e. The molecule has 0 aliphatic heterocycles. The molecule has 11 heavy (non-hydrogen) atoms. The molecule has 0 saturated heterocycles. The van der Waals surface area contributed by atoms with E-state index >= 15 is 0 Å². The molecule has 0 fully saturated rings. The number of nitrogens with zero attached hydrogens (tertiary/aromatic N) is 3. The summed E-state index contributed by atoms with van der Waals surface area (Å²) in [5, 5.41) is 6.25. The lowest BCUT2D eigenvalue weighted by molar-refractivity contribution is -0.693. The van der Waals surface area contributed by atoms with Crippen molar-refractivity contribution in [3.8, 4) is 0 Å². The quantitative estimate of drug-likeness (QED) is 0.457. The second kappa shape index (κ2) is 5.48. The van der Waals surface area contributed by atoms with Gasteiger partial charge in [-0.25, -0.2) is 9.13 Å². The van der Waals surface area contributed by atoms with Gasteiger partial charge in [-0.15, -0.1) is 0 Å². The van der Waals surface area contributed by atoms with Gasteiger partial charge in [-0.1, -0.05) is 0 Å². The summed E-state index contributed by atoms with van der Waals surface area (Å²) in [6, 6.07) is 0. The number of aromatic nitrogens is 2. The second-order valence-corrected chi connectivity index (χ2v) is 2.07. The van der Waals surface area contributed by atoms with Gasteiger partial charge in [0.05, 0.1) is 13.1 Å². The van der Waals surface area contributed by atoms with E-state index in [4.69, 9.17) is 11.8 Å². The minimum absolute atomic E-state index is 1.06. The molecule has 1 heterocycles. The maximum absolute atomic E-state index is 6.25. The fraction of sp³-hybridized carbons (Fsp3) is 0.500. The monoisotopic (exact) mass is 151 g/mol. The first-order chi connectivity index (χ1) is 5.36. The molecule has 3 nitrogen and oxygen atoms in total. The average molecular weight is 151 g/mol. The molecular formula is C8H13N3. The molecule has 1 rings (SSSR count). The summed E-state index contributed by atoms with van der Waals surface area (Å²) in [5.41, 5.74) is 0. The van der Waals surface area contributed by atoms with Crippen molar-refractivity contribution in [2.45, 2.75) is 26.9 Å². The van der Waals surface area contributed by atoms with E-state index in [9.17, 15) is 0 Å². The molecule has 0 amide bonds. The molecule has 0 radical (unpaired) electrons. The van der Waals surface area contributed by atoms with Gasteiger partial charge in [-0.05, 0) is 13.8 Å². The van der Waals surface area contributed by atoms with E-state index in [0.717, 1.165) is 13.1 Å². The molecule has 0 unspecified atom stereocenters. The summed E-state index contributed by atoms with van der Waals surface area (Å²) in [6.45, 7) is 11.2. The number of hydrogen-bond acceptors (Lipinski definition) is 1. The highest BCUT2D eigenvalue weighted by molar-refractivity contribution is 4.64. The molecule has 0 saturated carbocycles. The molecular weight excluding hydrogens is 138 g/mol. The Morgan fingerprint density at radius 2 is 2.09 bits per heavy atom. The zero-order chi connectivity index (χ0) is 8.69. The van der Waals surface area contributed by atoms with E-state index in [1.807, 2.05) is 0 Å². The molecule has 0 aromatic carbocycles. The van der Waals surface area contributed by atoms with Crippen LogP contribution in [0.25, 0.3) is 0 Å². The fourth-order valence-corrected chi connectivity index (χ4v) is 0.813. The maximum atomic E-state index is 6.25. The van der Waals surface area contributed by atoms with Crippen LogP contribution in [0.2, 0.25) is 0 Å². The Kier molecular flexibility index (Phi) is 4.83. The molecule has 0 aliphatic carbocycles. The van der Waals surface area contributed by atoms with Gasteiger partial charge in [0.1, 0.15) is 12.4 Å². The van der Waals surface area contributed by atoms with Gasteiger partial charge in [-0.3, -0.25) is 0 Å². The van der Waals surface area contributed by atoms with Gasteiger partial charge in [0.15, 0.2) is 0 Å². The predicted molar refractivity (Wildman–Crippen MR) is 40.9 cm³/mol. The van der Waals surface area contributed by atoms with Crippen LogP contribution in [0.15, 0.2) is 18.7 Å².